The van der Waals surface area contributed by atoms with Crippen molar-refractivity contribution in [1.82, 2.24) is 0 Å². The lowest BCUT2D eigenvalue weighted by Gasteiger charge is -2.22. The molecule has 0 amide bonds. The maximum absolute atomic E-state index is 9.97. The van der Waals surface area contributed by atoms with Crippen LogP contribution in [0.3, 0.4) is 0 Å². The van der Waals surface area contributed by atoms with Crippen LogP contribution in [-0.4, -0.2) is 5.11 Å². The third-order valence-electron chi connectivity index (χ3n) is 2.47. The average Bonchev–Trinajstić information content (AvgIpc) is 2.09. The SMILES string of the molecule is CC[C@@](C)(O)c1ccc(Cl)c(C)c1. The lowest BCUT2D eigenvalue weighted by Crippen LogP contribution is -2.19. The zero-order chi connectivity index (χ0) is 10.1. The highest BCUT2D eigenvalue weighted by Gasteiger charge is 2.20. The Morgan fingerprint density at radius 1 is 1.46 bits per heavy atom. The molecule has 2 heteroatoms. The predicted octanol–water partition coefficient (Wildman–Crippen LogP) is 3.27. The minimum Gasteiger partial charge on any atom is -0.385 e. The van der Waals surface area contributed by atoms with Crippen LogP contribution >= 0.6 is 11.6 Å². The van der Waals surface area contributed by atoms with Crippen molar-refractivity contribution >= 4 is 11.6 Å². The van der Waals surface area contributed by atoms with Gasteiger partial charge < -0.3 is 5.11 Å². The topological polar surface area (TPSA) is 20.2 Å². The largest absolute Gasteiger partial charge is 0.385 e. The van der Waals surface area contributed by atoms with E-state index >= 15 is 0 Å². The Kier molecular flexibility index (Phi) is 2.99. The van der Waals surface area contributed by atoms with Gasteiger partial charge in [-0.05, 0) is 37.5 Å². The van der Waals surface area contributed by atoms with Gasteiger partial charge in [-0.25, -0.2) is 0 Å². The number of benzene rings is 1. The molecule has 1 aromatic carbocycles. The van der Waals surface area contributed by atoms with Crippen LogP contribution in [-0.2, 0) is 5.60 Å². The Morgan fingerprint density at radius 3 is 2.54 bits per heavy atom. The summed E-state index contributed by atoms with van der Waals surface area (Å²) in [5.41, 5.74) is 1.19. The maximum Gasteiger partial charge on any atom is 0.0866 e. The zero-order valence-electron chi connectivity index (χ0n) is 8.26. The third kappa shape index (κ3) is 2.23. The molecule has 13 heavy (non-hydrogen) atoms. The van der Waals surface area contributed by atoms with Crippen molar-refractivity contribution in [2.45, 2.75) is 32.8 Å². The van der Waals surface area contributed by atoms with Crippen molar-refractivity contribution in [2.24, 2.45) is 0 Å². The number of rotatable bonds is 2. The van der Waals surface area contributed by atoms with Crippen LogP contribution in [0.25, 0.3) is 0 Å². The van der Waals surface area contributed by atoms with E-state index in [9.17, 15) is 5.11 Å². The molecule has 0 saturated heterocycles. The fraction of sp³-hybridized carbons (Fsp3) is 0.455. The van der Waals surface area contributed by atoms with Crippen molar-refractivity contribution in [2.75, 3.05) is 0 Å². The smallest absolute Gasteiger partial charge is 0.0866 e. The summed E-state index contributed by atoms with van der Waals surface area (Å²) in [7, 11) is 0. The van der Waals surface area contributed by atoms with Crippen molar-refractivity contribution in [3.8, 4) is 0 Å². The third-order valence-corrected chi connectivity index (χ3v) is 2.89. The Morgan fingerprint density at radius 2 is 2.08 bits per heavy atom. The molecule has 0 heterocycles. The molecule has 0 bridgehead atoms. The summed E-state index contributed by atoms with van der Waals surface area (Å²) in [5, 5.41) is 10.7. The van der Waals surface area contributed by atoms with E-state index in [4.69, 9.17) is 11.6 Å². The van der Waals surface area contributed by atoms with Crippen LogP contribution in [0.1, 0.15) is 31.4 Å². The molecule has 1 atom stereocenters. The Balaban J connectivity index is 3.10. The van der Waals surface area contributed by atoms with Crippen LogP contribution in [0.5, 0.6) is 0 Å². The lowest BCUT2D eigenvalue weighted by molar-refractivity contribution is 0.0530. The highest BCUT2D eigenvalue weighted by Crippen LogP contribution is 2.27. The summed E-state index contributed by atoms with van der Waals surface area (Å²) < 4.78 is 0. The van der Waals surface area contributed by atoms with Crippen molar-refractivity contribution in [3.05, 3.63) is 34.3 Å². The predicted molar refractivity (Wildman–Crippen MR) is 56.1 cm³/mol. The van der Waals surface area contributed by atoms with Crippen LogP contribution in [0.2, 0.25) is 5.02 Å². The van der Waals surface area contributed by atoms with Gasteiger partial charge in [0.15, 0.2) is 0 Å². The monoisotopic (exact) mass is 198 g/mol. The summed E-state index contributed by atoms with van der Waals surface area (Å²) in [4.78, 5) is 0. The lowest BCUT2D eigenvalue weighted by atomic mass is 9.92. The standard InChI is InChI=1S/C11H15ClO/c1-4-11(3,13)9-5-6-10(12)8(2)7-9/h5-7,13H,4H2,1-3H3/t11-/m1/s1. The number of hydrogen-bond acceptors (Lipinski definition) is 1. The van der Waals surface area contributed by atoms with Gasteiger partial charge in [0.2, 0.25) is 0 Å². The van der Waals surface area contributed by atoms with Crippen molar-refractivity contribution in [1.29, 1.82) is 0 Å². The van der Waals surface area contributed by atoms with Gasteiger partial charge in [0.05, 0.1) is 5.60 Å². The van der Waals surface area contributed by atoms with Gasteiger partial charge in [-0.3, -0.25) is 0 Å². The molecule has 1 aromatic rings. The fourth-order valence-corrected chi connectivity index (χ4v) is 1.30. The second kappa shape index (κ2) is 3.69. The van der Waals surface area contributed by atoms with E-state index in [0.717, 1.165) is 16.1 Å². The minimum absolute atomic E-state index is 0.702. The van der Waals surface area contributed by atoms with Gasteiger partial charge in [0.25, 0.3) is 0 Å². The fourth-order valence-electron chi connectivity index (χ4n) is 1.18. The zero-order valence-corrected chi connectivity index (χ0v) is 9.02. The second-order valence-corrected chi connectivity index (χ2v) is 4.00. The average molecular weight is 199 g/mol. The van der Waals surface area contributed by atoms with Gasteiger partial charge in [0, 0.05) is 5.02 Å². The molecule has 1 nitrogen and oxygen atoms in total. The summed E-state index contributed by atoms with van der Waals surface area (Å²) in [5.74, 6) is 0. The van der Waals surface area contributed by atoms with Crippen LogP contribution in [0.15, 0.2) is 18.2 Å². The first-order chi connectivity index (χ1) is 5.97. The number of halogens is 1. The molecule has 0 saturated carbocycles. The minimum atomic E-state index is -0.741. The first-order valence-corrected chi connectivity index (χ1v) is 4.84. The summed E-state index contributed by atoms with van der Waals surface area (Å²) in [6, 6.07) is 5.64. The van der Waals surface area contributed by atoms with E-state index in [1.165, 1.54) is 0 Å². The van der Waals surface area contributed by atoms with Crippen molar-refractivity contribution < 1.29 is 5.11 Å². The van der Waals surface area contributed by atoms with Crippen LogP contribution in [0, 0.1) is 6.92 Å². The first-order valence-electron chi connectivity index (χ1n) is 4.46. The maximum atomic E-state index is 9.97. The molecular formula is C11H15ClO. The van der Waals surface area contributed by atoms with Crippen LogP contribution < -0.4 is 0 Å². The Labute approximate surface area is 84.4 Å². The molecule has 0 fully saturated rings. The Hall–Kier alpha value is -0.530. The van der Waals surface area contributed by atoms with E-state index in [-0.39, 0.29) is 0 Å². The summed E-state index contributed by atoms with van der Waals surface area (Å²) in [6.07, 6.45) is 0.702. The van der Waals surface area contributed by atoms with Crippen molar-refractivity contribution in [3.63, 3.8) is 0 Å². The highest BCUT2D eigenvalue weighted by molar-refractivity contribution is 6.31. The molecule has 72 valence electrons. The summed E-state index contributed by atoms with van der Waals surface area (Å²) >= 11 is 5.89. The van der Waals surface area contributed by atoms with Gasteiger partial charge in [0.1, 0.15) is 0 Å². The van der Waals surface area contributed by atoms with E-state index in [2.05, 4.69) is 0 Å². The molecule has 1 N–H and O–H groups in total. The molecular weight excluding hydrogens is 184 g/mol. The van der Waals surface area contributed by atoms with Gasteiger partial charge in [-0.2, -0.15) is 0 Å². The summed E-state index contributed by atoms with van der Waals surface area (Å²) in [6.45, 7) is 5.72. The van der Waals surface area contributed by atoms with E-state index in [1.807, 2.05) is 39.0 Å². The quantitative estimate of drug-likeness (QED) is 0.774. The van der Waals surface area contributed by atoms with Gasteiger partial charge >= 0.3 is 0 Å². The molecule has 0 spiro atoms. The Bertz CT molecular complexity index is 305. The van der Waals surface area contributed by atoms with Crippen LogP contribution in [0.4, 0.5) is 0 Å². The molecule has 0 aliphatic carbocycles. The normalized spacial score (nSPS) is 15.5. The molecule has 0 aromatic heterocycles. The number of aliphatic hydroxyl groups is 1. The molecule has 1 rings (SSSR count). The molecule has 0 radical (unpaired) electrons. The highest BCUT2D eigenvalue weighted by atomic mass is 35.5. The number of hydrogen-bond donors (Lipinski definition) is 1. The first kappa shape index (κ1) is 10.6. The number of aryl methyl sites for hydroxylation is 1. The molecule has 0 unspecified atom stereocenters. The van der Waals surface area contributed by atoms with Gasteiger partial charge in [-0.15, -0.1) is 0 Å². The molecule has 0 aliphatic rings. The van der Waals surface area contributed by atoms with E-state index in [1.54, 1.807) is 0 Å². The second-order valence-electron chi connectivity index (χ2n) is 3.59. The van der Waals surface area contributed by atoms with Gasteiger partial charge in [-0.1, -0.05) is 30.7 Å². The van der Waals surface area contributed by atoms with E-state index < -0.39 is 5.60 Å². The molecule has 0 aliphatic heterocycles. The van der Waals surface area contributed by atoms with E-state index in [0.29, 0.717) is 6.42 Å².